The molecule has 0 saturated heterocycles. The van der Waals surface area contributed by atoms with E-state index >= 15 is 19.2 Å². The first-order valence-electron chi connectivity index (χ1n) is 37.5. The number of nitrogens with zero attached hydrogens (tertiary/aromatic N) is 2. The summed E-state index contributed by atoms with van der Waals surface area (Å²) in [5, 5.41) is 56.1. The molecule has 0 atom stereocenters. The van der Waals surface area contributed by atoms with Crippen LogP contribution in [0.15, 0.2) is 206 Å². The Morgan fingerprint density at radius 1 is 0.255 bits per heavy atom. The van der Waals surface area contributed by atoms with Gasteiger partial charge in [-0.15, -0.1) is 0 Å². The third-order valence-corrected chi connectivity index (χ3v) is 22.8. The maximum atomic E-state index is 16.1. The van der Waals surface area contributed by atoms with E-state index in [-0.39, 0.29) is 72.4 Å². The molecule has 14 heteroatoms. The fourth-order valence-electron chi connectivity index (χ4n) is 17.7. The monoisotopic (exact) mass is 1450 g/mol. The van der Waals surface area contributed by atoms with Gasteiger partial charge < -0.3 is 39.4 Å². The van der Waals surface area contributed by atoms with Crippen molar-refractivity contribution >= 4 is 143 Å². The molecule has 0 aliphatic carbocycles. The molecule has 0 radical (unpaired) electrons. The Morgan fingerprint density at radius 3 is 0.673 bits per heavy atom. The number of ether oxygens (including phenoxy) is 4. The molecule has 0 bridgehead atoms. The number of fused-ring (bicyclic) bond motifs is 6. The first-order valence-corrected chi connectivity index (χ1v) is 37.5. The highest BCUT2D eigenvalue weighted by Crippen LogP contribution is 2.59. The molecule has 19 rings (SSSR count). The highest BCUT2D eigenvalue weighted by Gasteiger charge is 2.43. The molecule has 2 aliphatic heterocycles. The van der Waals surface area contributed by atoms with Gasteiger partial charge >= 0.3 is 0 Å². The predicted molar refractivity (Wildman–Crippen MR) is 436 cm³/mol. The van der Waals surface area contributed by atoms with E-state index in [1.54, 1.807) is 121 Å². The first-order chi connectivity index (χ1) is 53.4. The SMILES string of the molecule is CC(C)c1cccc(C(C)C)c1N1C(=O)c2cc(Oc3ccc(CO)cc3)c3c4ccc5c6ccc7c8c(Oc9ccc(CO)cc9)cc9c%10c(cc(Oc%11ccc(CO)cc%11)c(c%11ccc(c%12ccc(c%13c(Oc%14ccc(CO)cc%14)cc(c2c3%13)C1=O)c4c5%12)c6c7%11)c%108)C(=O)N(c1c(C(C)C)cccc1C(C)C)C9=O. The smallest absolute Gasteiger partial charge is 0.266 e. The van der Waals surface area contributed by atoms with Crippen molar-refractivity contribution in [3.63, 3.8) is 0 Å². The van der Waals surface area contributed by atoms with Crippen molar-refractivity contribution in [3.05, 3.63) is 273 Å². The lowest BCUT2D eigenvalue weighted by Gasteiger charge is -2.33. The molecule has 4 N–H and O–H groups in total. The van der Waals surface area contributed by atoms with Gasteiger partial charge in [-0.3, -0.25) is 19.2 Å². The maximum absolute atomic E-state index is 16.1. The number of aliphatic hydroxyl groups excluding tert-OH is 4. The molecule has 17 aromatic carbocycles. The van der Waals surface area contributed by atoms with Gasteiger partial charge in [-0.25, -0.2) is 9.80 Å². The summed E-state index contributed by atoms with van der Waals surface area (Å²) in [5.41, 5.74) is 8.30. The average molecular weight is 1450 g/mol. The zero-order chi connectivity index (χ0) is 75.7. The molecule has 4 amide bonds. The van der Waals surface area contributed by atoms with E-state index in [9.17, 15) is 20.4 Å². The van der Waals surface area contributed by atoms with E-state index in [1.165, 1.54) is 9.80 Å². The highest BCUT2D eigenvalue weighted by atomic mass is 16.5. The Kier molecular flexibility index (Phi) is 15.8. The number of carbonyl (C=O) groups is 4. The molecule has 540 valence electrons. The first kappa shape index (κ1) is 68.0. The zero-order valence-electron chi connectivity index (χ0n) is 61.7. The van der Waals surface area contributed by atoms with E-state index in [2.05, 4.69) is 104 Å². The lowest BCUT2D eigenvalue weighted by atomic mass is 9.79. The van der Waals surface area contributed by atoms with E-state index in [0.29, 0.717) is 123 Å². The van der Waals surface area contributed by atoms with Crippen molar-refractivity contribution in [1.82, 2.24) is 0 Å². The maximum Gasteiger partial charge on any atom is 0.266 e. The minimum atomic E-state index is -0.498. The lowest BCUT2D eigenvalue weighted by molar-refractivity contribution is 0.0877. The van der Waals surface area contributed by atoms with Gasteiger partial charge in [-0.1, -0.05) is 189 Å². The topological polar surface area (TPSA) is 193 Å². The second kappa shape index (κ2) is 25.5. The van der Waals surface area contributed by atoms with Crippen LogP contribution in [0.4, 0.5) is 11.4 Å². The fraction of sp³-hybridized carbons (Fsp3) is 0.167. The van der Waals surface area contributed by atoms with Crippen LogP contribution in [-0.2, 0) is 26.4 Å². The molecule has 110 heavy (non-hydrogen) atoms. The number of hydrogen-bond donors (Lipinski definition) is 4. The van der Waals surface area contributed by atoms with Crippen molar-refractivity contribution in [1.29, 1.82) is 0 Å². The van der Waals surface area contributed by atoms with Crippen molar-refractivity contribution in [3.8, 4) is 46.0 Å². The molecule has 0 unspecified atom stereocenters. The van der Waals surface area contributed by atoms with Crippen molar-refractivity contribution < 1.29 is 58.6 Å². The van der Waals surface area contributed by atoms with Crippen LogP contribution in [0, 0.1) is 0 Å². The van der Waals surface area contributed by atoms with E-state index < -0.39 is 23.6 Å². The third-order valence-electron chi connectivity index (χ3n) is 22.8. The van der Waals surface area contributed by atoms with Crippen LogP contribution in [0.3, 0.4) is 0 Å². The number of rotatable bonds is 18. The largest absolute Gasteiger partial charge is 0.457 e. The van der Waals surface area contributed by atoms with E-state index in [4.69, 9.17) is 18.9 Å². The van der Waals surface area contributed by atoms with Crippen LogP contribution in [0.25, 0.3) is 108 Å². The molecule has 0 spiro atoms. The Morgan fingerprint density at radius 2 is 0.464 bits per heavy atom. The number of anilines is 2. The summed E-state index contributed by atoms with van der Waals surface area (Å²) < 4.78 is 28.8. The Bertz CT molecular complexity index is 5990. The summed E-state index contributed by atoms with van der Waals surface area (Å²) in [6.07, 6.45) is 0. The van der Waals surface area contributed by atoms with Gasteiger partial charge in [0.25, 0.3) is 23.6 Å². The number of hydrogen-bond acceptors (Lipinski definition) is 12. The average Bonchev–Trinajstić information content (AvgIpc) is 0.672. The van der Waals surface area contributed by atoms with Gasteiger partial charge in [-0.2, -0.15) is 0 Å². The summed E-state index contributed by atoms with van der Waals surface area (Å²) in [5.74, 6) is 0.956. The summed E-state index contributed by atoms with van der Waals surface area (Å²) in [6.45, 7) is 15.8. The van der Waals surface area contributed by atoms with Crippen molar-refractivity contribution in [2.45, 2.75) is 105 Å². The lowest BCUT2D eigenvalue weighted by Crippen LogP contribution is -2.42. The van der Waals surface area contributed by atoms with Crippen LogP contribution < -0.4 is 28.7 Å². The van der Waals surface area contributed by atoms with Crippen LogP contribution in [0.1, 0.15) is 165 Å². The minimum absolute atomic E-state index is 0.0648. The second-order valence-corrected chi connectivity index (χ2v) is 30.5. The molecular weight excluding hydrogens is 1370 g/mol. The summed E-state index contributed by atoms with van der Waals surface area (Å²) >= 11 is 0. The van der Waals surface area contributed by atoms with Gasteiger partial charge in [0.05, 0.1) is 60.1 Å². The Labute approximate surface area is 632 Å². The summed E-state index contributed by atoms with van der Waals surface area (Å²) in [4.78, 5) is 67.3. The molecule has 0 saturated carbocycles. The number of para-hydroxylation sites is 2. The van der Waals surface area contributed by atoms with E-state index in [1.807, 2.05) is 36.4 Å². The molecular formula is C96H74N2O12. The highest BCUT2D eigenvalue weighted by molar-refractivity contribution is 6.50. The minimum Gasteiger partial charge on any atom is -0.457 e. The third kappa shape index (κ3) is 10.0. The van der Waals surface area contributed by atoms with Crippen LogP contribution in [0.5, 0.6) is 46.0 Å². The molecule has 14 nitrogen and oxygen atoms in total. The standard InChI is InChI=1S/C96H74N2O12/c1-47(2)59-11-9-12-60(48(3)4)91(59)97-93(103)71-39-75(107-55-23-15-51(43-99)16-24-55)85-67-35-31-63-65-33-37-69-82-70(38-34-66(80(65)82)64-32-36-68(81(67)79(63)64)86-76(40-72(94(97)104)83(71)89(85)86)108-56-25-17-52(44-100)18-26-56)88-78(110-58-29-21-54(46-102)22-30-58)42-74-84-73(41-77(87(69)90(84)88)109-57-27-19-53(45-101)20-28-57)95(105)98(96(74)106)92-61(49(5)6)13-10-14-62(92)50(7)8/h9-42,47-50,99-102H,43-46H2,1-8H3. The quantitative estimate of drug-likeness (QED) is 0.0361. The number of imide groups is 2. The Hall–Kier alpha value is -12.6. The van der Waals surface area contributed by atoms with Crippen LogP contribution >= 0.6 is 0 Å². The molecule has 0 fully saturated rings. The number of benzene rings is 17. The molecule has 17 aromatic rings. The van der Waals surface area contributed by atoms with Crippen LogP contribution in [-0.4, -0.2) is 44.1 Å². The second-order valence-electron chi connectivity index (χ2n) is 30.5. The van der Waals surface area contributed by atoms with E-state index in [0.717, 1.165) is 86.9 Å². The Balaban J connectivity index is 0.929. The predicted octanol–water partition coefficient (Wildman–Crippen LogP) is 22.8. The van der Waals surface area contributed by atoms with Gasteiger partial charge in [0, 0.05) is 43.1 Å². The molecule has 2 aliphatic rings. The van der Waals surface area contributed by atoms with Crippen molar-refractivity contribution in [2.75, 3.05) is 9.80 Å². The molecule has 2 heterocycles. The van der Waals surface area contributed by atoms with Crippen LogP contribution in [0.2, 0.25) is 0 Å². The number of carbonyl (C=O) groups excluding carboxylic acids is 4. The summed E-state index contributed by atoms with van der Waals surface area (Å²) in [6, 6.07) is 64.9. The zero-order valence-corrected chi connectivity index (χ0v) is 61.7. The van der Waals surface area contributed by atoms with Gasteiger partial charge in [0.2, 0.25) is 0 Å². The van der Waals surface area contributed by atoms with Gasteiger partial charge in [0.1, 0.15) is 46.0 Å². The molecule has 0 aromatic heterocycles. The normalized spacial score (nSPS) is 13.4. The number of aliphatic hydroxyl groups is 4. The summed E-state index contributed by atoms with van der Waals surface area (Å²) in [7, 11) is 0. The number of amides is 4. The van der Waals surface area contributed by atoms with Gasteiger partial charge in [0.15, 0.2) is 0 Å². The van der Waals surface area contributed by atoms with Gasteiger partial charge in [-0.05, 0) is 206 Å². The fourth-order valence-corrected chi connectivity index (χ4v) is 17.7. The van der Waals surface area contributed by atoms with Crippen molar-refractivity contribution in [2.24, 2.45) is 0 Å².